The minimum atomic E-state index is -0.309. The lowest BCUT2D eigenvalue weighted by Gasteiger charge is -2.29. The highest BCUT2D eigenvalue weighted by Crippen LogP contribution is 2.37. The molecule has 0 aliphatic heterocycles. The van der Waals surface area contributed by atoms with Crippen LogP contribution in [0.3, 0.4) is 0 Å². The number of benzene rings is 1. The molecule has 33 heavy (non-hydrogen) atoms. The van der Waals surface area contributed by atoms with Gasteiger partial charge in [-0.15, -0.1) is 0 Å². The minimum Gasteiger partial charge on any atom is -0.496 e. The van der Waals surface area contributed by atoms with Crippen LogP contribution in [0.4, 0.5) is 4.39 Å². The van der Waals surface area contributed by atoms with Crippen molar-refractivity contribution < 1.29 is 13.9 Å². The maximum absolute atomic E-state index is 14.0. The summed E-state index contributed by atoms with van der Waals surface area (Å²) in [5.74, 6) is 0.555. The van der Waals surface area contributed by atoms with Crippen molar-refractivity contribution in [3.05, 3.63) is 54.1 Å². The smallest absolute Gasteiger partial charge is 0.237 e. The second-order valence-corrected chi connectivity index (χ2v) is 8.85. The summed E-state index contributed by atoms with van der Waals surface area (Å²) in [5, 5.41) is 7.21. The number of aromatic nitrogens is 2. The normalized spacial score (nSPS) is 17.2. The first-order valence-corrected chi connectivity index (χ1v) is 11.4. The summed E-state index contributed by atoms with van der Waals surface area (Å²) >= 11 is 0. The fourth-order valence-corrected chi connectivity index (χ4v) is 4.54. The maximum Gasteiger partial charge on any atom is 0.237 e. The van der Waals surface area contributed by atoms with Crippen molar-refractivity contribution in [2.24, 2.45) is 5.92 Å². The van der Waals surface area contributed by atoms with Crippen LogP contribution >= 0.6 is 0 Å². The van der Waals surface area contributed by atoms with E-state index in [1.807, 2.05) is 6.07 Å². The monoisotopic (exact) mass is 450 g/mol. The Morgan fingerprint density at radius 1 is 1.24 bits per heavy atom. The molecular formula is C26H31FN4O2. The van der Waals surface area contributed by atoms with Crippen LogP contribution in [0.15, 0.2) is 42.6 Å². The van der Waals surface area contributed by atoms with Crippen molar-refractivity contribution in [2.45, 2.75) is 45.2 Å². The van der Waals surface area contributed by atoms with Gasteiger partial charge >= 0.3 is 0 Å². The summed E-state index contributed by atoms with van der Waals surface area (Å²) in [5.41, 5.74) is 4.58. The van der Waals surface area contributed by atoms with E-state index < -0.39 is 0 Å². The lowest BCUT2D eigenvalue weighted by atomic mass is 9.91. The van der Waals surface area contributed by atoms with Crippen molar-refractivity contribution in [1.29, 1.82) is 0 Å². The number of pyridine rings is 1. The second-order valence-electron chi connectivity index (χ2n) is 8.85. The molecular weight excluding hydrogens is 419 g/mol. The number of nitrogens with one attached hydrogen (secondary N) is 3. The maximum atomic E-state index is 14.0. The molecule has 0 bridgehead atoms. The van der Waals surface area contributed by atoms with Gasteiger partial charge in [0.2, 0.25) is 5.91 Å². The molecule has 0 radical (unpaired) electrons. The molecule has 0 saturated heterocycles. The number of H-pyrrole nitrogens is 1. The molecule has 4 rings (SSSR count). The number of allylic oxidation sites excluding steroid dienone is 1. The van der Waals surface area contributed by atoms with E-state index in [2.05, 4.69) is 46.6 Å². The van der Waals surface area contributed by atoms with E-state index in [1.54, 1.807) is 26.4 Å². The zero-order valence-corrected chi connectivity index (χ0v) is 19.5. The Bertz CT molecular complexity index is 1180. The number of carbonyl (C=O) groups is 1. The number of ether oxygens (including phenoxy) is 1. The van der Waals surface area contributed by atoms with Crippen molar-refractivity contribution in [3.8, 4) is 16.9 Å². The number of halogens is 1. The predicted molar refractivity (Wildman–Crippen MR) is 129 cm³/mol. The van der Waals surface area contributed by atoms with E-state index in [9.17, 15) is 9.18 Å². The molecule has 1 amide bonds. The first kappa shape index (κ1) is 23.0. The highest BCUT2D eigenvalue weighted by atomic mass is 19.1. The third-order valence-corrected chi connectivity index (χ3v) is 6.35. The zero-order chi connectivity index (χ0) is 23.5. The number of hydrogen-bond acceptors (Lipinski definition) is 4. The van der Waals surface area contributed by atoms with Gasteiger partial charge in [-0.2, -0.15) is 0 Å². The van der Waals surface area contributed by atoms with Crippen molar-refractivity contribution >= 4 is 22.5 Å². The Morgan fingerprint density at radius 2 is 2.06 bits per heavy atom. The molecule has 174 valence electrons. The van der Waals surface area contributed by atoms with Crippen LogP contribution in [-0.2, 0) is 4.79 Å². The highest BCUT2D eigenvalue weighted by molar-refractivity contribution is 5.96. The van der Waals surface area contributed by atoms with Gasteiger partial charge in [-0.1, -0.05) is 19.9 Å². The molecule has 7 heteroatoms. The summed E-state index contributed by atoms with van der Waals surface area (Å²) in [6.45, 7) is 4.11. The van der Waals surface area contributed by atoms with Gasteiger partial charge in [0.25, 0.3) is 0 Å². The first-order chi connectivity index (χ1) is 15.9. The molecule has 1 aromatic carbocycles. The van der Waals surface area contributed by atoms with Gasteiger partial charge in [-0.05, 0) is 66.6 Å². The Hall–Kier alpha value is -3.19. The molecule has 2 atom stereocenters. The molecule has 1 aliphatic rings. The Morgan fingerprint density at radius 3 is 2.73 bits per heavy atom. The number of methoxy groups -OCH3 is 1. The quantitative estimate of drug-likeness (QED) is 0.489. The number of rotatable bonds is 7. The van der Waals surface area contributed by atoms with Crippen LogP contribution in [0.1, 0.15) is 38.8 Å². The molecule has 0 spiro atoms. The lowest BCUT2D eigenvalue weighted by molar-refractivity contribution is -0.123. The van der Waals surface area contributed by atoms with Crippen molar-refractivity contribution in [1.82, 2.24) is 20.6 Å². The van der Waals surface area contributed by atoms with Crippen LogP contribution in [0, 0.1) is 11.7 Å². The second kappa shape index (κ2) is 9.75. The summed E-state index contributed by atoms with van der Waals surface area (Å²) in [6, 6.07) is 8.57. The third-order valence-electron chi connectivity index (χ3n) is 6.35. The van der Waals surface area contributed by atoms with E-state index >= 15 is 0 Å². The van der Waals surface area contributed by atoms with Gasteiger partial charge in [-0.25, -0.2) is 9.37 Å². The van der Waals surface area contributed by atoms with Gasteiger partial charge in [0.05, 0.1) is 13.2 Å². The molecule has 3 aromatic rings. The van der Waals surface area contributed by atoms with Gasteiger partial charge in [0.15, 0.2) is 0 Å². The van der Waals surface area contributed by atoms with Crippen LogP contribution in [0.5, 0.6) is 5.75 Å². The summed E-state index contributed by atoms with van der Waals surface area (Å²) < 4.78 is 19.5. The average molecular weight is 451 g/mol. The highest BCUT2D eigenvalue weighted by Gasteiger charge is 2.26. The molecule has 3 N–H and O–H groups in total. The van der Waals surface area contributed by atoms with E-state index in [0.717, 1.165) is 41.6 Å². The molecule has 1 unspecified atom stereocenters. The van der Waals surface area contributed by atoms with E-state index in [4.69, 9.17) is 4.74 Å². The standard InChI is InChI=1S/C26H31FN4O2/c1-15(2)24(26(32)28-3)30-18-8-5-16(6-9-18)22-14-21-19(11-12-29-25(21)31-22)20-13-17(27)7-10-23(20)33-4/h5,7,10-15,18,24,30H,6,8-9H2,1-4H3,(H,28,32)(H,29,31)/t18?,24-/m1/s1. The van der Waals surface area contributed by atoms with E-state index in [-0.39, 0.29) is 29.7 Å². The SMILES string of the molecule is CNC(=O)[C@H](NC1CC=C(c2cc3c(-c4cc(F)ccc4OC)ccnc3[nH]2)CC1)C(C)C. The van der Waals surface area contributed by atoms with Crippen LogP contribution in [0.2, 0.25) is 0 Å². The number of carbonyl (C=O) groups excluding carboxylic acids is 1. The van der Waals surface area contributed by atoms with Crippen LogP contribution in [0.25, 0.3) is 27.7 Å². The van der Waals surface area contributed by atoms with Gasteiger partial charge in [0.1, 0.15) is 17.2 Å². The minimum absolute atomic E-state index is 0.0294. The van der Waals surface area contributed by atoms with Gasteiger partial charge < -0.3 is 20.4 Å². The van der Waals surface area contributed by atoms with Crippen molar-refractivity contribution in [3.63, 3.8) is 0 Å². The predicted octanol–water partition coefficient (Wildman–Crippen LogP) is 4.67. The summed E-state index contributed by atoms with van der Waals surface area (Å²) in [6.07, 6.45) is 6.64. The van der Waals surface area contributed by atoms with E-state index in [0.29, 0.717) is 11.3 Å². The number of amides is 1. The molecule has 0 fully saturated rings. The largest absolute Gasteiger partial charge is 0.496 e. The Labute approximate surface area is 193 Å². The molecule has 0 saturated carbocycles. The molecule has 2 aromatic heterocycles. The van der Waals surface area contributed by atoms with Gasteiger partial charge in [-0.3, -0.25) is 4.79 Å². The van der Waals surface area contributed by atoms with Gasteiger partial charge in [0, 0.05) is 35.9 Å². The molecule has 2 heterocycles. The topological polar surface area (TPSA) is 79.0 Å². The number of fused-ring (bicyclic) bond motifs is 1. The lowest BCUT2D eigenvalue weighted by Crippen LogP contribution is -2.50. The molecule has 6 nitrogen and oxygen atoms in total. The van der Waals surface area contributed by atoms with Crippen molar-refractivity contribution in [2.75, 3.05) is 14.2 Å². The number of aromatic amines is 1. The van der Waals surface area contributed by atoms with E-state index in [1.165, 1.54) is 17.7 Å². The van der Waals surface area contributed by atoms with Crippen LogP contribution < -0.4 is 15.4 Å². The number of nitrogens with zero attached hydrogens (tertiary/aromatic N) is 1. The zero-order valence-electron chi connectivity index (χ0n) is 19.5. The van der Waals surface area contributed by atoms with Crippen LogP contribution in [-0.4, -0.2) is 42.1 Å². The first-order valence-electron chi connectivity index (χ1n) is 11.4. The summed E-state index contributed by atoms with van der Waals surface area (Å²) in [7, 11) is 3.26. The third kappa shape index (κ3) is 4.78. The Kier molecular flexibility index (Phi) is 6.79. The fourth-order valence-electron chi connectivity index (χ4n) is 4.54. The number of likely N-dealkylation sites (N-methyl/N-ethyl adjacent to an activating group) is 1. The fraction of sp³-hybridized carbons (Fsp3) is 0.385. The summed E-state index contributed by atoms with van der Waals surface area (Å²) in [4.78, 5) is 20.1. The number of hydrogen-bond donors (Lipinski definition) is 3. The average Bonchev–Trinajstić information content (AvgIpc) is 3.26. The Balaban J connectivity index is 1.59. The molecule has 1 aliphatic carbocycles.